The lowest BCUT2D eigenvalue weighted by molar-refractivity contribution is -0.142. The Kier molecular flexibility index (Phi) is 15.0. The van der Waals surface area contributed by atoms with Gasteiger partial charge in [0.15, 0.2) is 0 Å². The van der Waals surface area contributed by atoms with Crippen LogP contribution < -0.4 is 10.6 Å². The summed E-state index contributed by atoms with van der Waals surface area (Å²) >= 11 is 0. The van der Waals surface area contributed by atoms with Crippen molar-refractivity contribution in [1.82, 2.24) is 30.2 Å². The van der Waals surface area contributed by atoms with E-state index in [9.17, 15) is 19.2 Å². The topological polar surface area (TPSA) is 105 Å². The van der Waals surface area contributed by atoms with Crippen molar-refractivity contribution >= 4 is 23.6 Å². The van der Waals surface area contributed by atoms with Gasteiger partial charge in [-0.05, 0) is 77.4 Å². The van der Waals surface area contributed by atoms with Crippen molar-refractivity contribution in [2.45, 2.75) is 132 Å². The van der Waals surface area contributed by atoms with E-state index < -0.39 is 17.5 Å². The summed E-state index contributed by atoms with van der Waals surface area (Å²) in [5.41, 5.74) is -0.00196. The number of carbonyl (C=O) groups excluding carboxylic acids is 4. The van der Waals surface area contributed by atoms with Crippen molar-refractivity contribution in [3.8, 4) is 0 Å². The molecular weight excluding hydrogens is 568 g/mol. The molecule has 2 saturated heterocycles. The zero-order valence-corrected chi connectivity index (χ0v) is 30.2. The summed E-state index contributed by atoms with van der Waals surface area (Å²) in [6.07, 6.45) is 6.15. The molecule has 10 nitrogen and oxygen atoms in total. The molecule has 0 aromatic heterocycles. The molecule has 2 N–H and O–H groups in total. The Morgan fingerprint density at radius 1 is 0.911 bits per heavy atom. The van der Waals surface area contributed by atoms with Gasteiger partial charge in [-0.3, -0.25) is 24.1 Å². The van der Waals surface area contributed by atoms with Crippen molar-refractivity contribution in [2.75, 3.05) is 46.3 Å². The molecule has 258 valence electrons. The third-order valence-corrected chi connectivity index (χ3v) is 9.58. The highest BCUT2D eigenvalue weighted by Gasteiger charge is 2.40. The van der Waals surface area contributed by atoms with E-state index >= 15 is 0 Å². The maximum atomic E-state index is 14.1. The fourth-order valence-corrected chi connectivity index (χ4v) is 6.67. The van der Waals surface area contributed by atoms with E-state index in [0.717, 1.165) is 51.9 Å². The number of hydrogen-bond donors (Lipinski definition) is 2. The van der Waals surface area contributed by atoms with Gasteiger partial charge in [-0.15, -0.1) is 0 Å². The van der Waals surface area contributed by atoms with Crippen LogP contribution in [0.1, 0.15) is 101 Å². The number of rotatable bonds is 14. The highest BCUT2D eigenvalue weighted by molar-refractivity contribution is 5.97. The number of likely N-dealkylation sites (tertiary alicyclic amines) is 2. The van der Waals surface area contributed by atoms with Crippen LogP contribution in [0.25, 0.3) is 0 Å². The second-order valence-electron chi connectivity index (χ2n) is 14.7. The maximum absolute atomic E-state index is 14.1. The quantitative estimate of drug-likeness (QED) is 0.284. The first-order valence-corrected chi connectivity index (χ1v) is 17.4. The Morgan fingerprint density at radius 2 is 1.53 bits per heavy atom. The van der Waals surface area contributed by atoms with Gasteiger partial charge in [0.2, 0.25) is 23.6 Å². The van der Waals surface area contributed by atoms with Crippen LogP contribution >= 0.6 is 0 Å². The maximum Gasteiger partial charge on any atom is 0.249 e. The molecule has 2 fully saturated rings. The van der Waals surface area contributed by atoms with Gasteiger partial charge in [0, 0.05) is 38.3 Å². The number of nitrogens with one attached hydrogen (secondary N) is 2. The molecule has 0 aromatic rings. The highest BCUT2D eigenvalue weighted by atomic mass is 16.2. The highest BCUT2D eigenvalue weighted by Crippen LogP contribution is 2.27. The number of likely N-dealkylation sites (N-methyl/N-ethyl adjacent to an activating group) is 2. The third kappa shape index (κ3) is 10.5. The second kappa shape index (κ2) is 17.5. The normalized spacial score (nSPS) is 21.3. The van der Waals surface area contributed by atoms with Gasteiger partial charge in [0.05, 0.1) is 12.1 Å². The first-order valence-electron chi connectivity index (χ1n) is 17.4. The average Bonchev–Trinajstić information content (AvgIpc) is 3.48. The summed E-state index contributed by atoms with van der Waals surface area (Å²) < 4.78 is 0. The van der Waals surface area contributed by atoms with Crippen molar-refractivity contribution in [1.29, 1.82) is 0 Å². The van der Waals surface area contributed by atoms with Crippen LogP contribution in [-0.2, 0) is 19.2 Å². The summed E-state index contributed by atoms with van der Waals surface area (Å²) in [5, 5.41) is 6.17. The molecular formula is C35H64N6O4. The largest absolute Gasteiger partial charge is 0.353 e. The fourth-order valence-electron chi connectivity index (χ4n) is 6.67. The SMILES string of the molecule is CCN(CC)CCNC(=O)[C@@H]1CCCN1C(=O)C(C)=C[C@H](C(C)C)N(C)C(=O)[C@@H](NC(=O)[C@H]1CCCCN1C(C)C)C(C)(C)C. The third-order valence-electron chi connectivity index (χ3n) is 9.58. The Bertz CT molecular complexity index is 1030. The van der Waals surface area contributed by atoms with Crippen molar-refractivity contribution in [3.05, 3.63) is 11.6 Å². The number of piperidine rings is 1. The Labute approximate surface area is 273 Å². The summed E-state index contributed by atoms with van der Waals surface area (Å²) in [6, 6.07) is -1.57. The molecule has 45 heavy (non-hydrogen) atoms. The van der Waals surface area contributed by atoms with Gasteiger partial charge in [-0.25, -0.2) is 0 Å². The van der Waals surface area contributed by atoms with E-state index in [0.29, 0.717) is 25.1 Å². The van der Waals surface area contributed by atoms with E-state index in [2.05, 4.69) is 48.1 Å². The second-order valence-corrected chi connectivity index (χ2v) is 14.7. The molecule has 0 radical (unpaired) electrons. The molecule has 0 spiro atoms. The van der Waals surface area contributed by atoms with Crippen LogP contribution in [0.3, 0.4) is 0 Å². The zero-order valence-electron chi connectivity index (χ0n) is 30.2. The van der Waals surface area contributed by atoms with E-state index in [-0.39, 0.29) is 47.7 Å². The average molecular weight is 633 g/mol. The van der Waals surface area contributed by atoms with E-state index in [1.807, 2.05) is 40.7 Å². The van der Waals surface area contributed by atoms with E-state index in [4.69, 9.17) is 0 Å². The van der Waals surface area contributed by atoms with Gasteiger partial charge in [0.1, 0.15) is 12.1 Å². The molecule has 0 aliphatic carbocycles. The predicted molar refractivity (Wildman–Crippen MR) is 182 cm³/mol. The zero-order chi connectivity index (χ0) is 34.1. The van der Waals surface area contributed by atoms with Gasteiger partial charge < -0.3 is 25.3 Å². The van der Waals surface area contributed by atoms with Crippen molar-refractivity contribution in [3.63, 3.8) is 0 Å². The Morgan fingerprint density at radius 3 is 2.09 bits per heavy atom. The van der Waals surface area contributed by atoms with E-state index in [1.165, 1.54) is 0 Å². The number of amides is 4. The van der Waals surface area contributed by atoms with Gasteiger partial charge >= 0.3 is 0 Å². The Balaban J connectivity index is 2.20. The minimum absolute atomic E-state index is 0.0190. The molecule has 4 amide bonds. The molecule has 2 rings (SSSR count). The summed E-state index contributed by atoms with van der Waals surface area (Å²) in [5.74, 6) is -0.528. The van der Waals surface area contributed by atoms with Crippen LogP contribution in [-0.4, -0.2) is 120 Å². The lowest BCUT2D eigenvalue weighted by Crippen LogP contribution is -2.60. The van der Waals surface area contributed by atoms with Gasteiger partial charge in [-0.1, -0.05) is 61.0 Å². The van der Waals surface area contributed by atoms with Crippen molar-refractivity contribution in [2.24, 2.45) is 11.3 Å². The predicted octanol–water partition coefficient (Wildman–Crippen LogP) is 3.66. The molecule has 0 saturated carbocycles. The molecule has 0 aromatic carbocycles. The summed E-state index contributed by atoms with van der Waals surface area (Å²) in [4.78, 5) is 62.3. The molecule has 0 unspecified atom stereocenters. The molecule has 2 heterocycles. The minimum atomic E-state index is -0.723. The van der Waals surface area contributed by atoms with Crippen LogP contribution in [0, 0.1) is 11.3 Å². The monoisotopic (exact) mass is 632 g/mol. The van der Waals surface area contributed by atoms with Crippen molar-refractivity contribution < 1.29 is 19.2 Å². The number of carbonyl (C=O) groups is 4. The first kappa shape index (κ1) is 38.7. The number of hydrogen-bond acceptors (Lipinski definition) is 6. The smallest absolute Gasteiger partial charge is 0.249 e. The Hall–Kier alpha value is -2.46. The molecule has 2 aliphatic rings. The van der Waals surface area contributed by atoms with E-state index in [1.54, 1.807) is 23.8 Å². The van der Waals surface area contributed by atoms with Crippen LogP contribution in [0.4, 0.5) is 0 Å². The summed E-state index contributed by atoms with van der Waals surface area (Å²) in [6.45, 7) is 24.8. The molecule has 10 heteroatoms. The number of nitrogens with zero attached hydrogens (tertiary/aromatic N) is 4. The van der Waals surface area contributed by atoms with Gasteiger partial charge in [0.25, 0.3) is 0 Å². The lowest BCUT2D eigenvalue weighted by Gasteiger charge is -2.41. The fraction of sp³-hybridized carbons (Fsp3) is 0.829. The van der Waals surface area contributed by atoms with Crippen LogP contribution in [0.5, 0.6) is 0 Å². The minimum Gasteiger partial charge on any atom is -0.353 e. The van der Waals surface area contributed by atoms with Crippen LogP contribution in [0.15, 0.2) is 11.6 Å². The van der Waals surface area contributed by atoms with Gasteiger partial charge in [-0.2, -0.15) is 0 Å². The standard InChI is InChI=1S/C35H64N6O4/c1-12-39(13-2)22-19-36-31(42)27-18-16-21-41(27)33(44)26(7)23-29(24(3)4)38(11)34(45)30(35(8,9)10)37-32(43)28-17-14-15-20-40(28)25(5)6/h23-25,27-30H,12-22H2,1-11H3,(H,36,42)(H,37,43)/t27-,28+,29+,30+/m0/s1. The summed E-state index contributed by atoms with van der Waals surface area (Å²) in [7, 11) is 1.76. The molecule has 0 bridgehead atoms. The molecule has 4 atom stereocenters. The lowest BCUT2D eigenvalue weighted by atomic mass is 9.84. The molecule has 2 aliphatic heterocycles. The van der Waals surface area contributed by atoms with Crippen LogP contribution in [0.2, 0.25) is 0 Å². The first-order chi connectivity index (χ1) is 21.0.